The SMILES string of the molecule is Cc1ccc(CC(=O)CC23CC4CC(CC(C4)C2)C3)nc1. The lowest BCUT2D eigenvalue weighted by Gasteiger charge is -2.56. The van der Waals surface area contributed by atoms with E-state index in [9.17, 15) is 4.79 Å². The van der Waals surface area contributed by atoms with Crippen molar-refractivity contribution in [2.45, 2.75) is 58.3 Å². The summed E-state index contributed by atoms with van der Waals surface area (Å²) in [5, 5.41) is 0. The molecule has 1 heterocycles. The predicted molar refractivity (Wildman–Crippen MR) is 82.9 cm³/mol. The molecule has 21 heavy (non-hydrogen) atoms. The summed E-state index contributed by atoms with van der Waals surface area (Å²) in [6.45, 7) is 2.04. The number of ketones is 1. The van der Waals surface area contributed by atoms with Gasteiger partial charge in [0, 0.05) is 24.7 Å². The molecule has 4 saturated carbocycles. The number of carbonyl (C=O) groups excluding carboxylic acids is 1. The van der Waals surface area contributed by atoms with Gasteiger partial charge in [-0.3, -0.25) is 9.78 Å². The van der Waals surface area contributed by atoms with Crippen LogP contribution in [0.25, 0.3) is 0 Å². The van der Waals surface area contributed by atoms with E-state index in [0.29, 0.717) is 17.6 Å². The molecule has 0 aliphatic heterocycles. The van der Waals surface area contributed by atoms with E-state index in [-0.39, 0.29) is 0 Å². The summed E-state index contributed by atoms with van der Waals surface area (Å²) in [5.41, 5.74) is 2.47. The Morgan fingerprint density at radius 1 is 1.14 bits per heavy atom. The highest BCUT2D eigenvalue weighted by molar-refractivity contribution is 5.81. The number of aromatic nitrogens is 1. The van der Waals surface area contributed by atoms with E-state index in [1.165, 1.54) is 38.5 Å². The smallest absolute Gasteiger partial charge is 0.139 e. The minimum absolute atomic E-state index is 0.372. The van der Waals surface area contributed by atoms with E-state index in [1.54, 1.807) is 0 Å². The number of pyridine rings is 1. The third-order valence-electron chi connectivity index (χ3n) is 6.09. The summed E-state index contributed by atoms with van der Waals surface area (Å²) in [6.07, 6.45) is 11.5. The standard InChI is InChI=1S/C19H25NO/c1-13-2-3-17(20-12-13)7-18(21)11-19-8-14-4-15(9-19)6-16(5-14)10-19/h2-3,12,14-16H,4-11H2,1H3. The molecule has 2 nitrogen and oxygen atoms in total. The van der Waals surface area contributed by atoms with Crippen LogP contribution in [0.4, 0.5) is 0 Å². The first-order valence-corrected chi connectivity index (χ1v) is 8.53. The first-order valence-electron chi connectivity index (χ1n) is 8.53. The Balaban J connectivity index is 1.43. The van der Waals surface area contributed by atoms with E-state index in [1.807, 2.05) is 19.2 Å². The van der Waals surface area contributed by atoms with Crippen LogP contribution < -0.4 is 0 Å². The zero-order valence-electron chi connectivity index (χ0n) is 13.0. The predicted octanol–water partition coefficient (Wildman–Crippen LogP) is 4.11. The van der Waals surface area contributed by atoms with Gasteiger partial charge in [-0.25, -0.2) is 0 Å². The molecule has 0 spiro atoms. The third-order valence-corrected chi connectivity index (χ3v) is 6.09. The first kappa shape index (κ1) is 13.5. The molecule has 1 aromatic heterocycles. The molecule has 0 N–H and O–H groups in total. The maximum Gasteiger partial charge on any atom is 0.139 e. The highest BCUT2D eigenvalue weighted by Gasteiger charge is 2.51. The molecule has 0 atom stereocenters. The van der Waals surface area contributed by atoms with Gasteiger partial charge in [0.1, 0.15) is 5.78 Å². The van der Waals surface area contributed by atoms with Gasteiger partial charge in [-0.15, -0.1) is 0 Å². The molecule has 0 radical (unpaired) electrons. The van der Waals surface area contributed by atoms with Gasteiger partial charge in [-0.2, -0.15) is 0 Å². The second kappa shape index (κ2) is 4.93. The number of nitrogens with zero attached hydrogens (tertiary/aromatic N) is 1. The van der Waals surface area contributed by atoms with Crippen molar-refractivity contribution in [1.29, 1.82) is 0 Å². The van der Waals surface area contributed by atoms with Crippen molar-refractivity contribution in [3.8, 4) is 0 Å². The molecule has 4 fully saturated rings. The Labute approximate surface area is 127 Å². The monoisotopic (exact) mass is 283 g/mol. The van der Waals surface area contributed by atoms with E-state index >= 15 is 0 Å². The number of carbonyl (C=O) groups is 1. The van der Waals surface area contributed by atoms with Crippen LogP contribution >= 0.6 is 0 Å². The van der Waals surface area contributed by atoms with Crippen molar-refractivity contribution in [3.05, 3.63) is 29.6 Å². The molecule has 1 aromatic rings. The second-order valence-electron chi connectivity index (χ2n) is 8.14. The topological polar surface area (TPSA) is 30.0 Å². The molecule has 112 valence electrons. The average molecular weight is 283 g/mol. The van der Waals surface area contributed by atoms with Gasteiger partial charge in [0.25, 0.3) is 0 Å². The Hall–Kier alpha value is -1.18. The van der Waals surface area contributed by atoms with Crippen molar-refractivity contribution < 1.29 is 4.79 Å². The molecule has 5 rings (SSSR count). The maximum absolute atomic E-state index is 12.5. The number of aryl methyl sites for hydroxylation is 1. The molecule has 0 amide bonds. The molecule has 2 heteroatoms. The van der Waals surface area contributed by atoms with Crippen molar-refractivity contribution in [2.75, 3.05) is 0 Å². The van der Waals surface area contributed by atoms with Crippen molar-refractivity contribution in [2.24, 2.45) is 23.2 Å². The fourth-order valence-electron chi connectivity index (χ4n) is 5.79. The van der Waals surface area contributed by atoms with Crippen LogP contribution in [0.2, 0.25) is 0 Å². The quantitative estimate of drug-likeness (QED) is 0.832. The summed E-state index contributed by atoms with van der Waals surface area (Å²) in [7, 11) is 0. The van der Waals surface area contributed by atoms with E-state index < -0.39 is 0 Å². The van der Waals surface area contributed by atoms with Crippen LogP contribution in [0.3, 0.4) is 0 Å². The number of hydrogen-bond donors (Lipinski definition) is 0. The minimum Gasteiger partial charge on any atom is -0.299 e. The lowest BCUT2D eigenvalue weighted by Crippen LogP contribution is -2.47. The molecular weight excluding hydrogens is 258 g/mol. The Morgan fingerprint density at radius 3 is 2.29 bits per heavy atom. The molecule has 0 aromatic carbocycles. The zero-order valence-corrected chi connectivity index (χ0v) is 13.0. The van der Waals surface area contributed by atoms with E-state index in [4.69, 9.17) is 0 Å². The average Bonchev–Trinajstić information content (AvgIpc) is 2.39. The molecule has 4 aliphatic rings. The lowest BCUT2D eigenvalue weighted by atomic mass is 9.48. The van der Waals surface area contributed by atoms with Crippen LogP contribution in [0, 0.1) is 30.1 Å². The molecule has 4 bridgehead atoms. The normalized spacial score (nSPS) is 36.9. The van der Waals surface area contributed by atoms with Crippen LogP contribution in [0.15, 0.2) is 18.3 Å². The summed E-state index contributed by atoms with van der Waals surface area (Å²) in [5.74, 6) is 3.21. The van der Waals surface area contributed by atoms with Crippen LogP contribution in [0.1, 0.15) is 56.2 Å². The Morgan fingerprint density at radius 2 is 1.76 bits per heavy atom. The summed E-state index contributed by atoms with van der Waals surface area (Å²) in [4.78, 5) is 16.9. The number of rotatable bonds is 4. The Bertz CT molecular complexity index is 510. The van der Waals surface area contributed by atoms with Gasteiger partial charge in [0.05, 0.1) is 0 Å². The van der Waals surface area contributed by atoms with E-state index in [0.717, 1.165) is 35.4 Å². The van der Waals surface area contributed by atoms with Crippen LogP contribution in [0.5, 0.6) is 0 Å². The van der Waals surface area contributed by atoms with Gasteiger partial charge < -0.3 is 0 Å². The molecule has 0 unspecified atom stereocenters. The second-order valence-corrected chi connectivity index (χ2v) is 8.14. The first-order chi connectivity index (χ1) is 10.1. The van der Waals surface area contributed by atoms with Gasteiger partial charge in [0.2, 0.25) is 0 Å². The van der Waals surface area contributed by atoms with Gasteiger partial charge in [-0.05, 0) is 80.2 Å². The zero-order chi connectivity index (χ0) is 14.4. The molecule has 0 saturated heterocycles. The van der Waals surface area contributed by atoms with Crippen molar-refractivity contribution in [1.82, 2.24) is 4.98 Å². The van der Waals surface area contributed by atoms with Crippen LogP contribution in [-0.4, -0.2) is 10.8 Å². The van der Waals surface area contributed by atoms with E-state index in [2.05, 4.69) is 11.1 Å². The Kier molecular flexibility index (Phi) is 3.16. The van der Waals surface area contributed by atoms with Crippen LogP contribution in [-0.2, 0) is 11.2 Å². The summed E-state index contributed by atoms with van der Waals surface area (Å²) in [6, 6.07) is 4.06. The highest BCUT2D eigenvalue weighted by atomic mass is 16.1. The molecule has 4 aliphatic carbocycles. The molecular formula is C19H25NO. The highest BCUT2D eigenvalue weighted by Crippen LogP contribution is 2.61. The fourth-order valence-corrected chi connectivity index (χ4v) is 5.79. The summed E-state index contributed by atoms with van der Waals surface area (Å²) < 4.78 is 0. The lowest BCUT2D eigenvalue weighted by molar-refractivity contribution is -0.126. The largest absolute Gasteiger partial charge is 0.299 e. The van der Waals surface area contributed by atoms with Crippen molar-refractivity contribution >= 4 is 5.78 Å². The summed E-state index contributed by atoms with van der Waals surface area (Å²) >= 11 is 0. The van der Waals surface area contributed by atoms with Gasteiger partial charge in [0.15, 0.2) is 0 Å². The van der Waals surface area contributed by atoms with Gasteiger partial charge >= 0.3 is 0 Å². The van der Waals surface area contributed by atoms with Crippen molar-refractivity contribution in [3.63, 3.8) is 0 Å². The minimum atomic E-state index is 0.372. The number of Topliss-reactive ketones (excluding diaryl/α,β-unsaturated/α-hetero) is 1. The van der Waals surface area contributed by atoms with Gasteiger partial charge in [-0.1, -0.05) is 6.07 Å². The maximum atomic E-state index is 12.5. The number of hydrogen-bond acceptors (Lipinski definition) is 2. The fraction of sp³-hybridized carbons (Fsp3) is 0.684. The third kappa shape index (κ3) is 2.65.